The quantitative estimate of drug-likeness (QED) is 0.283. The summed E-state index contributed by atoms with van der Waals surface area (Å²) in [4.78, 5) is 31.9. The first kappa shape index (κ1) is 23.2. The number of benzene rings is 2. The van der Waals surface area contributed by atoms with Gasteiger partial charge in [-0.2, -0.15) is 0 Å². The molecule has 8 nitrogen and oxygen atoms in total. The molecule has 2 aromatic carbocycles. The first-order valence-electron chi connectivity index (χ1n) is 10.9. The van der Waals surface area contributed by atoms with Gasteiger partial charge in [-0.1, -0.05) is 24.3 Å². The zero-order chi connectivity index (χ0) is 24.6. The first-order chi connectivity index (χ1) is 17.0. The van der Waals surface area contributed by atoms with Gasteiger partial charge in [0.25, 0.3) is 0 Å². The van der Waals surface area contributed by atoms with Crippen LogP contribution in [0.3, 0.4) is 0 Å². The zero-order valence-corrected chi connectivity index (χ0v) is 19.0. The fraction of sp³-hybridized carbons (Fsp3) is 0.0370. The maximum atomic E-state index is 12.4. The number of aromatic nitrogens is 2. The van der Waals surface area contributed by atoms with Crippen molar-refractivity contribution in [2.24, 2.45) is 0 Å². The van der Waals surface area contributed by atoms with Gasteiger partial charge in [-0.05, 0) is 71.3 Å². The van der Waals surface area contributed by atoms with Crippen molar-refractivity contribution in [2.45, 2.75) is 6.92 Å². The molecule has 0 saturated carbocycles. The van der Waals surface area contributed by atoms with Crippen LogP contribution in [0.5, 0.6) is 0 Å². The van der Waals surface area contributed by atoms with Crippen molar-refractivity contribution in [3.8, 4) is 11.1 Å². The molecule has 2 amide bonds. The molecule has 0 unspecified atom stereocenters. The van der Waals surface area contributed by atoms with E-state index in [1.54, 1.807) is 42.7 Å². The third kappa shape index (κ3) is 6.52. The smallest absolute Gasteiger partial charge is 0.248 e. The normalized spacial score (nSPS) is 10.7. The fourth-order valence-corrected chi connectivity index (χ4v) is 3.33. The monoisotopic (exact) mass is 464 g/mol. The Kier molecular flexibility index (Phi) is 7.13. The Bertz CT molecular complexity index is 1380. The van der Waals surface area contributed by atoms with Gasteiger partial charge in [-0.15, -0.1) is 0 Å². The van der Waals surface area contributed by atoms with Crippen molar-refractivity contribution in [3.05, 3.63) is 96.8 Å². The van der Waals surface area contributed by atoms with Crippen molar-refractivity contribution in [2.75, 3.05) is 21.7 Å². The topological polar surface area (TPSA) is 122 Å². The third-order valence-electron chi connectivity index (χ3n) is 4.95. The lowest BCUT2D eigenvalue weighted by atomic mass is 10.0. The van der Waals surface area contributed by atoms with Crippen LogP contribution in [0.15, 0.2) is 91.3 Å². The molecule has 2 aromatic heterocycles. The van der Waals surface area contributed by atoms with Crippen molar-refractivity contribution in [3.63, 3.8) is 0 Å². The number of pyridine rings is 2. The van der Waals surface area contributed by atoms with E-state index in [0.29, 0.717) is 23.0 Å². The fourth-order valence-electron chi connectivity index (χ4n) is 3.33. The van der Waals surface area contributed by atoms with Crippen molar-refractivity contribution < 1.29 is 9.59 Å². The number of anilines is 5. The van der Waals surface area contributed by atoms with Gasteiger partial charge in [-0.25, -0.2) is 9.97 Å². The van der Waals surface area contributed by atoms with Crippen LogP contribution >= 0.6 is 0 Å². The van der Waals surface area contributed by atoms with E-state index < -0.39 is 0 Å². The van der Waals surface area contributed by atoms with Crippen LogP contribution in [0.2, 0.25) is 0 Å². The summed E-state index contributed by atoms with van der Waals surface area (Å²) in [5.74, 6) is 0.591. The predicted molar refractivity (Wildman–Crippen MR) is 140 cm³/mol. The minimum absolute atomic E-state index is 0.191. The second-order valence-corrected chi connectivity index (χ2v) is 7.71. The lowest BCUT2D eigenvalue weighted by Crippen LogP contribution is -2.08. The molecule has 0 fully saturated rings. The lowest BCUT2D eigenvalue weighted by molar-refractivity contribution is -0.114. The summed E-state index contributed by atoms with van der Waals surface area (Å²) in [6.45, 7) is 1.42. The summed E-state index contributed by atoms with van der Waals surface area (Å²) in [7, 11) is 0. The highest BCUT2D eigenvalue weighted by molar-refractivity contribution is 6.02. The number of nitrogen functional groups attached to an aromatic ring is 1. The zero-order valence-electron chi connectivity index (χ0n) is 19.0. The molecule has 4 rings (SSSR count). The third-order valence-corrected chi connectivity index (χ3v) is 4.95. The number of carbonyl (C=O) groups is 2. The summed E-state index contributed by atoms with van der Waals surface area (Å²) in [5.41, 5.74) is 10.7. The molecule has 35 heavy (non-hydrogen) atoms. The Hall–Kier alpha value is -4.98. The molecule has 0 atom stereocenters. The highest BCUT2D eigenvalue weighted by Gasteiger charge is 2.05. The Morgan fingerprint density at radius 1 is 0.857 bits per heavy atom. The van der Waals surface area contributed by atoms with Gasteiger partial charge in [0.05, 0.1) is 5.69 Å². The Labute approximate surface area is 202 Å². The van der Waals surface area contributed by atoms with E-state index in [-0.39, 0.29) is 11.8 Å². The van der Waals surface area contributed by atoms with Gasteiger partial charge in [-0.3, -0.25) is 9.59 Å². The molecule has 0 aliphatic carbocycles. The van der Waals surface area contributed by atoms with E-state index in [4.69, 9.17) is 5.73 Å². The van der Waals surface area contributed by atoms with Crippen LogP contribution in [0, 0.1) is 0 Å². The standard InChI is InChI=1S/C27H24N6O2/c1-18(34)31-25-12-10-19(17-30-25)11-13-26(35)32-22-7-2-5-20(15-22)21-6-3-8-23(16-21)33-27-24(28)9-4-14-29-27/h2-17H,28H2,1H3,(H,29,33)(H,32,35)(H,30,31,34)/b13-11+. The van der Waals surface area contributed by atoms with Gasteiger partial charge in [0.2, 0.25) is 11.8 Å². The minimum Gasteiger partial charge on any atom is -0.396 e. The van der Waals surface area contributed by atoms with Crippen molar-refractivity contribution in [1.29, 1.82) is 0 Å². The van der Waals surface area contributed by atoms with Crippen LogP contribution in [-0.4, -0.2) is 21.8 Å². The molecule has 0 saturated heterocycles. The molecule has 0 radical (unpaired) electrons. The molecule has 5 N–H and O–H groups in total. The van der Waals surface area contributed by atoms with E-state index in [2.05, 4.69) is 25.9 Å². The molecular weight excluding hydrogens is 440 g/mol. The second-order valence-electron chi connectivity index (χ2n) is 7.71. The van der Waals surface area contributed by atoms with Crippen LogP contribution in [0.1, 0.15) is 12.5 Å². The van der Waals surface area contributed by atoms with Crippen molar-refractivity contribution in [1.82, 2.24) is 9.97 Å². The summed E-state index contributed by atoms with van der Waals surface area (Å²) in [6, 6.07) is 22.5. The summed E-state index contributed by atoms with van der Waals surface area (Å²) < 4.78 is 0. The van der Waals surface area contributed by atoms with E-state index in [9.17, 15) is 9.59 Å². The summed E-state index contributed by atoms with van der Waals surface area (Å²) >= 11 is 0. The molecule has 8 heteroatoms. The molecular formula is C27H24N6O2. The van der Waals surface area contributed by atoms with Crippen LogP contribution in [0.4, 0.5) is 28.7 Å². The largest absolute Gasteiger partial charge is 0.396 e. The summed E-state index contributed by atoms with van der Waals surface area (Å²) in [6.07, 6.45) is 6.35. The van der Waals surface area contributed by atoms with Gasteiger partial charge in [0.15, 0.2) is 5.82 Å². The van der Waals surface area contributed by atoms with E-state index >= 15 is 0 Å². The Balaban J connectivity index is 1.42. The first-order valence-corrected chi connectivity index (χ1v) is 10.9. The van der Waals surface area contributed by atoms with Gasteiger partial charge >= 0.3 is 0 Å². The maximum absolute atomic E-state index is 12.4. The second kappa shape index (κ2) is 10.8. The number of nitrogens with one attached hydrogen (secondary N) is 3. The van der Waals surface area contributed by atoms with E-state index in [1.165, 1.54) is 13.0 Å². The predicted octanol–water partition coefficient (Wildman–Crippen LogP) is 5.08. The highest BCUT2D eigenvalue weighted by atomic mass is 16.2. The van der Waals surface area contributed by atoms with E-state index in [1.807, 2.05) is 48.5 Å². The molecule has 0 aliphatic heterocycles. The number of hydrogen-bond donors (Lipinski definition) is 4. The van der Waals surface area contributed by atoms with Gasteiger partial charge < -0.3 is 21.7 Å². The Morgan fingerprint density at radius 2 is 1.60 bits per heavy atom. The molecule has 174 valence electrons. The number of hydrogen-bond acceptors (Lipinski definition) is 6. The van der Waals surface area contributed by atoms with E-state index in [0.717, 1.165) is 22.4 Å². The van der Waals surface area contributed by atoms with Crippen molar-refractivity contribution >= 4 is 46.6 Å². The molecule has 0 aliphatic rings. The summed E-state index contributed by atoms with van der Waals surface area (Å²) in [5, 5.41) is 8.71. The van der Waals surface area contributed by atoms with Crippen LogP contribution in [0.25, 0.3) is 17.2 Å². The van der Waals surface area contributed by atoms with Gasteiger partial charge in [0.1, 0.15) is 5.82 Å². The SMILES string of the molecule is CC(=O)Nc1ccc(/C=C/C(=O)Nc2cccc(-c3cccc(Nc4ncccc4N)c3)c2)cn1. The average molecular weight is 465 g/mol. The molecule has 2 heterocycles. The van der Waals surface area contributed by atoms with Gasteiger partial charge in [0, 0.05) is 36.8 Å². The molecule has 4 aromatic rings. The number of rotatable bonds is 7. The number of amides is 2. The molecule has 0 bridgehead atoms. The number of nitrogens with two attached hydrogens (primary N) is 1. The maximum Gasteiger partial charge on any atom is 0.248 e. The number of carbonyl (C=O) groups excluding carboxylic acids is 2. The Morgan fingerprint density at radius 3 is 2.29 bits per heavy atom. The minimum atomic E-state index is -0.269. The van der Waals surface area contributed by atoms with Crippen LogP contribution in [-0.2, 0) is 9.59 Å². The lowest BCUT2D eigenvalue weighted by Gasteiger charge is -2.10. The highest BCUT2D eigenvalue weighted by Crippen LogP contribution is 2.27. The average Bonchev–Trinajstić information content (AvgIpc) is 2.85. The molecule has 0 spiro atoms. The van der Waals surface area contributed by atoms with Crippen LogP contribution < -0.4 is 21.7 Å². The number of nitrogens with zero attached hydrogens (tertiary/aromatic N) is 2.